The molecule has 3 aromatic rings. The number of ether oxygens (including phenoxy) is 1. The lowest BCUT2D eigenvalue weighted by Gasteiger charge is -2.19. The van der Waals surface area contributed by atoms with Crippen molar-refractivity contribution in [1.29, 1.82) is 0 Å². The summed E-state index contributed by atoms with van der Waals surface area (Å²) in [5, 5.41) is 3.61. The summed E-state index contributed by atoms with van der Waals surface area (Å²) in [6, 6.07) is 9.43. The second-order valence-corrected chi connectivity index (χ2v) is 6.57. The number of aromatic nitrogens is 2. The summed E-state index contributed by atoms with van der Waals surface area (Å²) in [5.74, 6) is 0.433. The van der Waals surface area contributed by atoms with Crippen LogP contribution < -0.4 is 11.1 Å². The van der Waals surface area contributed by atoms with E-state index in [1.165, 1.54) is 0 Å². The lowest BCUT2D eigenvalue weighted by molar-refractivity contribution is 0.0635. The van der Waals surface area contributed by atoms with Gasteiger partial charge in [0.05, 0.1) is 5.52 Å². The Morgan fingerprint density at radius 3 is 2.62 bits per heavy atom. The molecule has 0 radical (unpaired) electrons. The average Bonchev–Trinajstić information content (AvgIpc) is 2.89. The van der Waals surface area contributed by atoms with Crippen LogP contribution in [0.25, 0.3) is 22.0 Å². The minimum Gasteiger partial charge on any atom is -0.444 e. The third kappa shape index (κ3) is 3.48. The number of nitrogens with two attached hydrogens (primary N) is 1. The fraction of sp³-hybridized carbons (Fsp3) is 0.222. The van der Waals surface area contributed by atoms with Crippen LogP contribution >= 0.6 is 0 Å². The summed E-state index contributed by atoms with van der Waals surface area (Å²) >= 11 is 0. The van der Waals surface area contributed by atoms with Gasteiger partial charge in [0.25, 0.3) is 0 Å². The van der Waals surface area contributed by atoms with E-state index in [9.17, 15) is 4.79 Å². The Labute approximate surface area is 140 Å². The Morgan fingerprint density at radius 2 is 1.96 bits per heavy atom. The molecule has 4 N–H and O–H groups in total. The maximum Gasteiger partial charge on any atom is 0.413 e. The molecular formula is C18H20N4O2. The molecule has 0 atom stereocenters. The van der Waals surface area contributed by atoms with Crippen LogP contribution in [0.5, 0.6) is 0 Å². The standard InChI is InChI=1S/C18H20N4O2/c1-18(2,3)24-17(23)22-16-8-15-14(10-21-16)13(9-20-15)11-4-6-12(19)7-5-11/h4-10,20H,19H2,1-3H3,(H,21,22,23). The van der Waals surface area contributed by atoms with E-state index in [1.54, 1.807) is 12.3 Å². The first-order chi connectivity index (χ1) is 11.3. The number of benzene rings is 1. The molecule has 124 valence electrons. The van der Waals surface area contributed by atoms with E-state index in [2.05, 4.69) is 15.3 Å². The van der Waals surface area contributed by atoms with Crippen molar-refractivity contribution >= 4 is 28.5 Å². The van der Waals surface area contributed by atoms with Crippen molar-refractivity contribution in [2.24, 2.45) is 0 Å². The van der Waals surface area contributed by atoms with Gasteiger partial charge in [-0.05, 0) is 38.5 Å². The van der Waals surface area contributed by atoms with Crippen molar-refractivity contribution in [3.63, 3.8) is 0 Å². The lowest BCUT2D eigenvalue weighted by Crippen LogP contribution is -2.27. The molecule has 1 aromatic carbocycles. The Balaban J connectivity index is 1.86. The molecule has 0 saturated heterocycles. The number of carbonyl (C=O) groups is 1. The van der Waals surface area contributed by atoms with E-state index in [0.717, 1.165) is 27.7 Å². The number of hydrogen-bond donors (Lipinski definition) is 3. The first-order valence-electron chi connectivity index (χ1n) is 7.65. The number of pyridine rings is 1. The molecule has 2 aromatic heterocycles. The zero-order valence-corrected chi connectivity index (χ0v) is 13.9. The number of hydrogen-bond acceptors (Lipinski definition) is 4. The van der Waals surface area contributed by atoms with Crippen LogP contribution in [-0.4, -0.2) is 21.7 Å². The van der Waals surface area contributed by atoms with Crippen molar-refractivity contribution < 1.29 is 9.53 Å². The summed E-state index contributed by atoms with van der Waals surface area (Å²) in [6.07, 6.45) is 3.11. The van der Waals surface area contributed by atoms with Crippen LogP contribution in [0.1, 0.15) is 20.8 Å². The van der Waals surface area contributed by atoms with Gasteiger partial charge in [0.1, 0.15) is 11.4 Å². The summed E-state index contributed by atoms with van der Waals surface area (Å²) in [6.45, 7) is 5.44. The second-order valence-electron chi connectivity index (χ2n) is 6.57. The molecular weight excluding hydrogens is 304 g/mol. The number of aromatic amines is 1. The summed E-state index contributed by atoms with van der Waals surface area (Å²) < 4.78 is 5.23. The maximum absolute atomic E-state index is 11.8. The Morgan fingerprint density at radius 1 is 1.25 bits per heavy atom. The largest absolute Gasteiger partial charge is 0.444 e. The molecule has 2 heterocycles. The fourth-order valence-electron chi connectivity index (χ4n) is 2.40. The van der Waals surface area contributed by atoms with E-state index in [0.29, 0.717) is 5.82 Å². The van der Waals surface area contributed by atoms with Gasteiger partial charge in [-0.1, -0.05) is 12.1 Å². The molecule has 0 bridgehead atoms. The van der Waals surface area contributed by atoms with Crippen LogP contribution in [0, 0.1) is 0 Å². The first-order valence-corrected chi connectivity index (χ1v) is 7.65. The van der Waals surface area contributed by atoms with Gasteiger partial charge in [0.2, 0.25) is 0 Å². The van der Waals surface area contributed by atoms with E-state index < -0.39 is 11.7 Å². The minimum atomic E-state index is -0.553. The highest BCUT2D eigenvalue weighted by Gasteiger charge is 2.17. The van der Waals surface area contributed by atoms with Gasteiger partial charge in [-0.2, -0.15) is 0 Å². The molecule has 0 spiro atoms. The van der Waals surface area contributed by atoms with Gasteiger partial charge < -0.3 is 15.5 Å². The van der Waals surface area contributed by atoms with Crippen molar-refractivity contribution in [2.45, 2.75) is 26.4 Å². The topological polar surface area (TPSA) is 93.0 Å². The van der Waals surface area contributed by atoms with Gasteiger partial charge >= 0.3 is 6.09 Å². The smallest absolute Gasteiger partial charge is 0.413 e. The molecule has 6 nitrogen and oxygen atoms in total. The predicted octanol–water partition coefficient (Wildman–Crippen LogP) is 4.16. The van der Waals surface area contributed by atoms with Crippen LogP contribution in [0.3, 0.4) is 0 Å². The third-order valence-corrected chi connectivity index (χ3v) is 3.42. The molecule has 3 rings (SSSR count). The average molecular weight is 324 g/mol. The van der Waals surface area contributed by atoms with E-state index in [1.807, 2.05) is 51.2 Å². The molecule has 24 heavy (non-hydrogen) atoms. The van der Waals surface area contributed by atoms with E-state index in [4.69, 9.17) is 10.5 Å². The number of nitrogens with one attached hydrogen (secondary N) is 2. The molecule has 0 fully saturated rings. The van der Waals surface area contributed by atoms with Crippen molar-refractivity contribution in [1.82, 2.24) is 9.97 Å². The SMILES string of the molecule is CC(C)(C)OC(=O)Nc1cc2[nH]cc(-c3ccc(N)cc3)c2cn1. The summed E-state index contributed by atoms with van der Waals surface area (Å²) in [5.41, 5.74) is 8.85. The minimum absolute atomic E-state index is 0.433. The number of carbonyl (C=O) groups excluding carboxylic acids is 1. The zero-order chi connectivity index (χ0) is 17.3. The Hall–Kier alpha value is -3.02. The number of amides is 1. The molecule has 0 unspecified atom stereocenters. The number of H-pyrrole nitrogens is 1. The Bertz CT molecular complexity index is 876. The van der Waals surface area contributed by atoms with Crippen molar-refractivity contribution in [3.05, 3.63) is 42.7 Å². The molecule has 0 aliphatic carbocycles. The number of anilines is 2. The Kier molecular flexibility index (Phi) is 3.89. The first kappa shape index (κ1) is 15.9. The third-order valence-electron chi connectivity index (χ3n) is 3.42. The number of nitrogen functional groups attached to an aromatic ring is 1. The van der Waals surface area contributed by atoms with Crippen LogP contribution in [0.4, 0.5) is 16.3 Å². The number of nitrogens with zero attached hydrogens (tertiary/aromatic N) is 1. The number of fused-ring (bicyclic) bond motifs is 1. The second kappa shape index (κ2) is 5.88. The molecule has 0 saturated carbocycles. The van der Waals surface area contributed by atoms with Gasteiger partial charge in [0, 0.05) is 35.1 Å². The summed E-state index contributed by atoms with van der Waals surface area (Å²) in [4.78, 5) is 19.3. The van der Waals surface area contributed by atoms with Gasteiger partial charge in [0.15, 0.2) is 0 Å². The molecule has 6 heteroatoms. The van der Waals surface area contributed by atoms with Crippen molar-refractivity contribution in [2.75, 3.05) is 11.1 Å². The highest BCUT2D eigenvalue weighted by molar-refractivity contribution is 5.97. The van der Waals surface area contributed by atoms with Gasteiger partial charge in [-0.15, -0.1) is 0 Å². The lowest BCUT2D eigenvalue weighted by atomic mass is 10.1. The quantitative estimate of drug-likeness (QED) is 0.617. The predicted molar refractivity (Wildman–Crippen MR) is 95.8 cm³/mol. The van der Waals surface area contributed by atoms with Crippen LogP contribution in [-0.2, 0) is 4.74 Å². The van der Waals surface area contributed by atoms with Gasteiger partial charge in [-0.25, -0.2) is 9.78 Å². The van der Waals surface area contributed by atoms with Gasteiger partial charge in [-0.3, -0.25) is 5.32 Å². The zero-order valence-electron chi connectivity index (χ0n) is 13.9. The molecule has 0 aliphatic rings. The normalized spacial score (nSPS) is 11.5. The maximum atomic E-state index is 11.8. The molecule has 1 amide bonds. The monoisotopic (exact) mass is 324 g/mol. The summed E-state index contributed by atoms with van der Waals surface area (Å²) in [7, 11) is 0. The van der Waals surface area contributed by atoms with Crippen LogP contribution in [0.15, 0.2) is 42.7 Å². The van der Waals surface area contributed by atoms with E-state index >= 15 is 0 Å². The van der Waals surface area contributed by atoms with Crippen molar-refractivity contribution in [3.8, 4) is 11.1 Å². The fourth-order valence-corrected chi connectivity index (χ4v) is 2.40. The van der Waals surface area contributed by atoms with Crippen LogP contribution in [0.2, 0.25) is 0 Å². The van der Waals surface area contributed by atoms with E-state index in [-0.39, 0.29) is 0 Å². The highest BCUT2D eigenvalue weighted by atomic mass is 16.6. The highest BCUT2D eigenvalue weighted by Crippen LogP contribution is 2.29. The molecule has 0 aliphatic heterocycles. The number of rotatable bonds is 2.